The first-order chi connectivity index (χ1) is 15.5. The van der Waals surface area contributed by atoms with Gasteiger partial charge in [0.25, 0.3) is 0 Å². The standard InChI is InChI=1S/C22H19ClN8O/c1-3-19(32)30-7-6-14(10-30)31-22-20(21(24)25-11-26-22)16(28-31)5-4-13-8-17-18(9-15(13)23)29(2)12-27-17/h3,8-9,11-12,14H,1,6-7,10H2,2H3,(H2,24,25,26)/t14-/m0/s1. The summed E-state index contributed by atoms with van der Waals surface area (Å²) >= 11 is 6.45. The lowest BCUT2D eigenvalue weighted by molar-refractivity contribution is -0.125. The van der Waals surface area contributed by atoms with Gasteiger partial charge in [0.2, 0.25) is 5.91 Å². The zero-order valence-electron chi connectivity index (χ0n) is 17.3. The predicted octanol–water partition coefficient (Wildman–Crippen LogP) is 2.31. The Morgan fingerprint density at radius 3 is 2.97 bits per heavy atom. The van der Waals surface area contributed by atoms with Gasteiger partial charge in [-0.2, -0.15) is 5.10 Å². The van der Waals surface area contributed by atoms with Gasteiger partial charge in [-0.3, -0.25) is 4.79 Å². The number of carbonyl (C=O) groups excluding carboxylic acids is 1. The third-order valence-electron chi connectivity index (χ3n) is 5.64. The van der Waals surface area contributed by atoms with Crippen LogP contribution in [0.15, 0.2) is 37.4 Å². The molecule has 2 N–H and O–H groups in total. The molecular formula is C22H19ClN8O. The fourth-order valence-electron chi connectivity index (χ4n) is 3.98. The lowest BCUT2D eigenvalue weighted by atomic mass is 10.2. The number of hydrogen-bond acceptors (Lipinski definition) is 6. The molecule has 1 amide bonds. The fraction of sp³-hybridized carbons (Fsp3) is 0.227. The summed E-state index contributed by atoms with van der Waals surface area (Å²) < 4.78 is 3.69. The van der Waals surface area contributed by atoms with E-state index in [0.717, 1.165) is 17.5 Å². The van der Waals surface area contributed by atoms with Crippen molar-refractivity contribution in [3.05, 3.63) is 53.7 Å². The van der Waals surface area contributed by atoms with E-state index in [1.165, 1.54) is 12.4 Å². The largest absolute Gasteiger partial charge is 0.383 e. The number of benzene rings is 1. The van der Waals surface area contributed by atoms with Gasteiger partial charge in [-0.1, -0.05) is 24.1 Å². The Labute approximate surface area is 188 Å². The number of rotatable bonds is 2. The minimum Gasteiger partial charge on any atom is -0.383 e. The lowest BCUT2D eigenvalue weighted by Crippen LogP contribution is -2.27. The molecule has 32 heavy (non-hydrogen) atoms. The van der Waals surface area contributed by atoms with Crippen molar-refractivity contribution in [2.45, 2.75) is 12.5 Å². The van der Waals surface area contributed by atoms with Gasteiger partial charge >= 0.3 is 0 Å². The Kier molecular flexibility index (Phi) is 4.79. The summed E-state index contributed by atoms with van der Waals surface area (Å²) in [6, 6.07) is 3.64. The number of hydrogen-bond donors (Lipinski definition) is 1. The molecule has 1 saturated heterocycles. The molecule has 10 heteroatoms. The minimum absolute atomic E-state index is 0.0419. The maximum absolute atomic E-state index is 12.0. The average molecular weight is 447 g/mol. The van der Waals surface area contributed by atoms with Crippen LogP contribution in [0, 0.1) is 11.8 Å². The minimum atomic E-state index is -0.0994. The van der Waals surface area contributed by atoms with Crippen molar-refractivity contribution in [3.8, 4) is 11.8 Å². The maximum Gasteiger partial charge on any atom is 0.246 e. The summed E-state index contributed by atoms with van der Waals surface area (Å²) in [6.45, 7) is 4.70. The molecule has 160 valence electrons. The highest BCUT2D eigenvalue weighted by molar-refractivity contribution is 6.32. The Morgan fingerprint density at radius 1 is 1.31 bits per heavy atom. The number of nitrogen functional groups attached to an aromatic ring is 1. The van der Waals surface area contributed by atoms with Gasteiger partial charge < -0.3 is 15.2 Å². The molecule has 3 aromatic heterocycles. The van der Waals surface area contributed by atoms with E-state index in [-0.39, 0.29) is 11.9 Å². The second kappa shape index (κ2) is 7.66. The molecule has 9 nitrogen and oxygen atoms in total. The van der Waals surface area contributed by atoms with Crippen LogP contribution in [-0.2, 0) is 11.8 Å². The summed E-state index contributed by atoms with van der Waals surface area (Å²) in [5, 5.41) is 5.81. The highest BCUT2D eigenvalue weighted by Crippen LogP contribution is 2.29. The Bertz CT molecular complexity index is 1460. The number of carbonyl (C=O) groups is 1. The maximum atomic E-state index is 12.0. The van der Waals surface area contributed by atoms with Crippen molar-refractivity contribution in [2.75, 3.05) is 18.8 Å². The number of fused-ring (bicyclic) bond motifs is 2. The highest BCUT2D eigenvalue weighted by atomic mass is 35.5. The first kappa shape index (κ1) is 20.0. The number of anilines is 1. The first-order valence-corrected chi connectivity index (χ1v) is 10.4. The second-order valence-electron chi connectivity index (χ2n) is 7.61. The fourth-order valence-corrected chi connectivity index (χ4v) is 4.18. The Morgan fingerprint density at radius 2 is 2.16 bits per heavy atom. The molecule has 1 aliphatic rings. The molecule has 0 bridgehead atoms. The number of aryl methyl sites for hydroxylation is 1. The molecule has 0 unspecified atom stereocenters. The predicted molar refractivity (Wildman–Crippen MR) is 122 cm³/mol. The van der Waals surface area contributed by atoms with E-state index in [1.807, 2.05) is 23.7 Å². The van der Waals surface area contributed by atoms with Crippen molar-refractivity contribution < 1.29 is 4.79 Å². The molecule has 5 rings (SSSR count). The third kappa shape index (κ3) is 3.25. The summed E-state index contributed by atoms with van der Waals surface area (Å²) in [6.07, 6.45) is 5.20. The van der Waals surface area contributed by atoms with Gasteiger partial charge in [0, 0.05) is 25.7 Å². The van der Waals surface area contributed by atoms with Crippen LogP contribution in [0.3, 0.4) is 0 Å². The van der Waals surface area contributed by atoms with Crippen LogP contribution in [0.5, 0.6) is 0 Å². The average Bonchev–Trinajstić information content (AvgIpc) is 3.50. The molecule has 0 saturated carbocycles. The van der Waals surface area contributed by atoms with Crippen LogP contribution in [0.25, 0.3) is 22.1 Å². The van der Waals surface area contributed by atoms with E-state index >= 15 is 0 Å². The SMILES string of the molecule is C=CC(=O)N1CC[C@H](n2nc(C#Cc3cc4ncn(C)c4cc3Cl)c3c(N)ncnc32)C1. The van der Waals surface area contributed by atoms with Gasteiger partial charge in [-0.05, 0) is 30.6 Å². The normalized spacial score (nSPS) is 15.8. The number of imidazole rings is 1. The topological polar surface area (TPSA) is 108 Å². The van der Waals surface area contributed by atoms with Crippen LogP contribution < -0.4 is 5.73 Å². The van der Waals surface area contributed by atoms with Crippen molar-refractivity contribution in [3.63, 3.8) is 0 Å². The number of aromatic nitrogens is 6. The summed E-state index contributed by atoms with van der Waals surface area (Å²) in [7, 11) is 1.91. The van der Waals surface area contributed by atoms with E-state index in [9.17, 15) is 4.79 Å². The van der Waals surface area contributed by atoms with Gasteiger partial charge in [0.15, 0.2) is 5.65 Å². The number of nitrogens with zero attached hydrogens (tertiary/aromatic N) is 7. The van der Waals surface area contributed by atoms with E-state index in [2.05, 4.69) is 33.4 Å². The molecule has 1 aliphatic heterocycles. The molecule has 0 aliphatic carbocycles. The Balaban J connectivity index is 1.57. The van der Waals surface area contributed by atoms with Crippen molar-refractivity contribution in [2.24, 2.45) is 7.05 Å². The van der Waals surface area contributed by atoms with E-state index in [1.54, 1.807) is 15.9 Å². The zero-order valence-corrected chi connectivity index (χ0v) is 18.0. The zero-order chi connectivity index (χ0) is 22.4. The smallest absolute Gasteiger partial charge is 0.246 e. The van der Waals surface area contributed by atoms with Crippen molar-refractivity contribution in [1.29, 1.82) is 0 Å². The number of nitrogens with two attached hydrogens (primary N) is 1. The molecule has 0 radical (unpaired) electrons. The van der Waals surface area contributed by atoms with Crippen molar-refractivity contribution >= 4 is 45.4 Å². The summed E-state index contributed by atoms with van der Waals surface area (Å²) in [4.78, 5) is 26.6. The molecule has 1 atom stereocenters. The van der Waals surface area contributed by atoms with E-state index < -0.39 is 0 Å². The van der Waals surface area contributed by atoms with Crippen LogP contribution in [0.4, 0.5) is 5.82 Å². The van der Waals surface area contributed by atoms with Gasteiger partial charge in [-0.25, -0.2) is 19.6 Å². The summed E-state index contributed by atoms with van der Waals surface area (Å²) in [5.41, 5.74) is 9.57. The van der Waals surface area contributed by atoms with Gasteiger partial charge in [0.05, 0.1) is 33.8 Å². The second-order valence-corrected chi connectivity index (χ2v) is 8.02. The number of likely N-dealkylation sites (tertiary alicyclic amines) is 1. The molecule has 1 aromatic carbocycles. The third-order valence-corrected chi connectivity index (χ3v) is 5.96. The van der Waals surface area contributed by atoms with Crippen LogP contribution in [-0.4, -0.2) is 53.2 Å². The monoisotopic (exact) mass is 446 g/mol. The quantitative estimate of drug-likeness (QED) is 0.374. The van der Waals surface area contributed by atoms with Crippen LogP contribution in [0.2, 0.25) is 5.02 Å². The lowest BCUT2D eigenvalue weighted by Gasteiger charge is -2.14. The summed E-state index contributed by atoms with van der Waals surface area (Å²) in [5.74, 6) is 6.38. The van der Waals surface area contributed by atoms with Gasteiger partial charge in [0.1, 0.15) is 17.8 Å². The van der Waals surface area contributed by atoms with Crippen molar-refractivity contribution in [1.82, 2.24) is 34.2 Å². The molecular weight excluding hydrogens is 428 g/mol. The highest BCUT2D eigenvalue weighted by Gasteiger charge is 2.29. The molecule has 0 spiro atoms. The molecule has 1 fully saturated rings. The molecule has 4 heterocycles. The molecule has 4 aromatic rings. The Hall–Kier alpha value is -3.90. The number of amides is 1. The van der Waals surface area contributed by atoms with Gasteiger partial charge in [-0.15, -0.1) is 0 Å². The number of halogens is 1. The van der Waals surface area contributed by atoms with Crippen LogP contribution >= 0.6 is 11.6 Å². The van der Waals surface area contributed by atoms with E-state index in [0.29, 0.717) is 46.2 Å². The van der Waals surface area contributed by atoms with Crippen LogP contribution in [0.1, 0.15) is 23.7 Å². The van der Waals surface area contributed by atoms with E-state index in [4.69, 9.17) is 22.4 Å². The first-order valence-electron chi connectivity index (χ1n) is 9.99.